The van der Waals surface area contributed by atoms with E-state index in [0.717, 1.165) is 65.3 Å². The average Bonchev–Trinajstić information content (AvgIpc) is 3.45. The van der Waals surface area contributed by atoms with Gasteiger partial charge in [0.2, 0.25) is 0 Å². The van der Waals surface area contributed by atoms with E-state index >= 15 is 0 Å². The van der Waals surface area contributed by atoms with E-state index in [1.54, 1.807) is 26.8 Å². The molecule has 5 rings (SSSR count). The van der Waals surface area contributed by atoms with Crippen molar-refractivity contribution >= 4 is 28.1 Å². The van der Waals surface area contributed by atoms with Crippen LogP contribution in [0.4, 0.5) is 17.2 Å². The summed E-state index contributed by atoms with van der Waals surface area (Å²) in [7, 11) is 3.31. The summed E-state index contributed by atoms with van der Waals surface area (Å²) in [5.41, 5.74) is 3.40. The Morgan fingerprint density at radius 2 is 1.89 bits per heavy atom. The van der Waals surface area contributed by atoms with Gasteiger partial charge in [0.25, 0.3) is 0 Å². The third-order valence-corrected chi connectivity index (χ3v) is 6.24. The molecule has 1 aliphatic rings. The van der Waals surface area contributed by atoms with Crippen molar-refractivity contribution in [1.29, 1.82) is 0 Å². The van der Waals surface area contributed by atoms with Crippen molar-refractivity contribution in [2.45, 2.75) is 18.9 Å². The third kappa shape index (κ3) is 5.37. The minimum Gasteiger partial charge on any atom is -0.495 e. The van der Waals surface area contributed by atoms with E-state index < -0.39 is 0 Å². The molecule has 1 saturated heterocycles. The van der Waals surface area contributed by atoms with Gasteiger partial charge in [0, 0.05) is 30.2 Å². The molecule has 1 fully saturated rings. The quantitative estimate of drug-likeness (QED) is 0.270. The zero-order valence-electron chi connectivity index (χ0n) is 20.5. The molecule has 0 aliphatic carbocycles. The predicted octanol–water partition coefficient (Wildman–Crippen LogP) is 4.83. The van der Waals surface area contributed by atoms with Crippen molar-refractivity contribution in [3.63, 3.8) is 0 Å². The Morgan fingerprint density at radius 3 is 2.67 bits per heavy atom. The number of methoxy groups -OCH3 is 2. The number of fused-ring (bicyclic) bond motifs is 1. The van der Waals surface area contributed by atoms with Crippen LogP contribution >= 0.6 is 0 Å². The van der Waals surface area contributed by atoms with Gasteiger partial charge in [-0.15, -0.1) is 0 Å². The molecule has 9 nitrogen and oxygen atoms in total. The van der Waals surface area contributed by atoms with E-state index in [-0.39, 0.29) is 0 Å². The van der Waals surface area contributed by atoms with Crippen LogP contribution in [-0.2, 0) is 4.74 Å². The molecule has 0 amide bonds. The lowest BCUT2D eigenvalue weighted by Crippen LogP contribution is -2.35. The second-order valence-electron chi connectivity index (χ2n) is 8.62. The molecule has 2 aromatic carbocycles. The second kappa shape index (κ2) is 11.3. The van der Waals surface area contributed by atoms with Crippen LogP contribution in [0, 0.1) is 0 Å². The van der Waals surface area contributed by atoms with Gasteiger partial charge in [-0.25, -0.2) is 9.97 Å². The van der Waals surface area contributed by atoms with Crippen LogP contribution in [0.2, 0.25) is 0 Å². The van der Waals surface area contributed by atoms with Crippen LogP contribution in [-0.4, -0.2) is 56.5 Å². The van der Waals surface area contributed by atoms with Crippen LogP contribution < -0.4 is 25.4 Å². The number of ether oxygens (including phenoxy) is 3. The first kappa shape index (κ1) is 23.9. The first-order valence-electron chi connectivity index (χ1n) is 12.1. The predicted molar refractivity (Wildman–Crippen MR) is 140 cm³/mol. The Labute approximate surface area is 210 Å². The fourth-order valence-electron chi connectivity index (χ4n) is 4.37. The van der Waals surface area contributed by atoms with Crippen LogP contribution in [0.25, 0.3) is 22.2 Å². The summed E-state index contributed by atoms with van der Waals surface area (Å²) in [6, 6.07) is 14.0. The fraction of sp³-hybridized carbons (Fsp3) is 0.333. The average molecular weight is 490 g/mol. The highest BCUT2D eigenvalue weighted by molar-refractivity contribution is 5.95. The molecule has 0 saturated carbocycles. The van der Waals surface area contributed by atoms with Crippen LogP contribution in [0.5, 0.6) is 11.5 Å². The van der Waals surface area contributed by atoms with E-state index in [4.69, 9.17) is 18.6 Å². The highest BCUT2D eigenvalue weighted by atomic mass is 16.5. The van der Waals surface area contributed by atoms with Gasteiger partial charge >= 0.3 is 0 Å². The summed E-state index contributed by atoms with van der Waals surface area (Å²) in [6.45, 7) is 2.95. The third-order valence-electron chi connectivity index (χ3n) is 6.24. The molecule has 3 N–H and O–H groups in total. The molecule has 0 bridgehead atoms. The zero-order chi connectivity index (χ0) is 24.7. The Hall–Kier alpha value is -3.82. The molecule has 0 unspecified atom stereocenters. The molecule has 9 heteroatoms. The van der Waals surface area contributed by atoms with Gasteiger partial charge in [-0.1, -0.05) is 0 Å². The minimum atomic E-state index is 0.361. The summed E-state index contributed by atoms with van der Waals surface area (Å²) >= 11 is 0. The van der Waals surface area contributed by atoms with E-state index in [9.17, 15) is 0 Å². The maximum absolute atomic E-state index is 6.06. The first-order chi connectivity index (χ1) is 17.7. The Morgan fingerprint density at radius 1 is 1.00 bits per heavy atom. The van der Waals surface area contributed by atoms with Crippen LogP contribution in [0.15, 0.2) is 59.5 Å². The molecule has 0 spiro atoms. The Kier molecular flexibility index (Phi) is 7.49. The summed E-state index contributed by atoms with van der Waals surface area (Å²) in [5.74, 6) is 2.90. The number of benzene rings is 2. The zero-order valence-corrected chi connectivity index (χ0v) is 20.5. The molecule has 0 atom stereocenters. The maximum atomic E-state index is 6.06. The highest BCUT2D eigenvalue weighted by Gasteiger charge is 2.18. The number of anilines is 3. The van der Waals surface area contributed by atoms with Gasteiger partial charge in [-0.2, -0.15) is 0 Å². The van der Waals surface area contributed by atoms with Crippen molar-refractivity contribution in [2.75, 3.05) is 51.2 Å². The van der Waals surface area contributed by atoms with Gasteiger partial charge in [-0.3, -0.25) is 0 Å². The van der Waals surface area contributed by atoms with Crippen molar-refractivity contribution < 1.29 is 18.6 Å². The monoisotopic (exact) mass is 489 g/mol. The molecular weight excluding hydrogens is 458 g/mol. The molecule has 0 radical (unpaired) electrons. The fourth-order valence-corrected chi connectivity index (χ4v) is 4.37. The molecule has 188 valence electrons. The topological polar surface area (TPSA) is 103 Å². The van der Waals surface area contributed by atoms with E-state index in [1.165, 1.54) is 0 Å². The summed E-state index contributed by atoms with van der Waals surface area (Å²) in [6.07, 6.45) is 5.30. The number of piperidine rings is 1. The van der Waals surface area contributed by atoms with E-state index in [1.807, 2.05) is 36.4 Å². The van der Waals surface area contributed by atoms with Crippen molar-refractivity contribution in [3.8, 4) is 22.8 Å². The number of rotatable bonds is 10. The number of furan rings is 1. The maximum Gasteiger partial charge on any atom is 0.144 e. The SMILES string of the molecule is COCCOc1cc2ncnc(Nc3cc(-c4ccco4)ccc3OC)c2cc1NC1CCNCC1. The molecule has 3 heterocycles. The highest BCUT2D eigenvalue weighted by Crippen LogP contribution is 2.37. The lowest BCUT2D eigenvalue weighted by atomic mass is 10.1. The summed E-state index contributed by atoms with van der Waals surface area (Å²) in [5, 5.41) is 11.4. The van der Waals surface area contributed by atoms with Gasteiger partial charge in [0.1, 0.15) is 36.0 Å². The van der Waals surface area contributed by atoms with Crippen LogP contribution in [0.3, 0.4) is 0 Å². The van der Waals surface area contributed by atoms with Crippen molar-refractivity contribution in [2.24, 2.45) is 0 Å². The molecule has 1 aliphatic heterocycles. The lowest BCUT2D eigenvalue weighted by molar-refractivity contribution is 0.146. The van der Waals surface area contributed by atoms with Gasteiger partial charge in [0.05, 0.1) is 36.9 Å². The lowest BCUT2D eigenvalue weighted by Gasteiger charge is -2.26. The smallest absolute Gasteiger partial charge is 0.144 e. The Bertz CT molecular complexity index is 1290. The van der Waals surface area contributed by atoms with Crippen molar-refractivity contribution in [3.05, 3.63) is 55.1 Å². The van der Waals surface area contributed by atoms with E-state index in [0.29, 0.717) is 30.8 Å². The minimum absolute atomic E-state index is 0.361. The van der Waals surface area contributed by atoms with Gasteiger partial charge in [-0.05, 0) is 62.3 Å². The first-order valence-corrected chi connectivity index (χ1v) is 12.1. The molecule has 36 heavy (non-hydrogen) atoms. The van der Waals surface area contributed by atoms with Gasteiger partial charge < -0.3 is 34.6 Å². The number of nitrogens with one attached hydrogen (secondary N) is 3. The molecule has 2 aromatic heterocycles. The standard InChI is InChI=1S/C27H31N5O4/c1-33-12-13-36-26-16-21-20(15-23(26)31-19-7-9-28-10-8-19)27(30-17-29-21)32-22-14-18(5-6-25(22)34-2)24-4-3-11-35-24/h3-6,11,14-17,19,28,31H,7-10,12-13H2,1-2H3,(H,29,30,32). The van der Waals surface area contributed by atoms with Crippen LogP contribution in [0.1, 0.15) is 12.8 Å². The Balaban J connectivity index is 1.51. The normalized spacial score (nSPS) is 14.1. The number of hydrogen-bond donors (Lipinski definition) is 3. The number of nitrogens with zero attached hydrogens (tertiary/aromatic N) is 2. The second-order valence-corrected chi connectivity index (χ2v) is 8.62. The molecular formula is C27H31N5O4. The van der Waals surface area contributed by atoms with E-state index in [2.05, 4.69) is 32.0 Å². The number of hydrogen-bond acceptors (Lipinski definition) is 9. The summed E-state index contributed by atoms with van der Waals surface area (Å²) in [4.78, 5) is 9.08. The number of aromatic nitrogens is 2. The summed E-state index contributed by atoms with van der Waals surface area (Å²) < 4.78 is 22.4. The molecule has 4 aromatic rings. The largest absolute Gasteiger partial charge is 0.495 e. The van der Waals surface area contributed by atoms with Crippen molar-refractivity contribution in [1.82, 2.24) is 15.3 Å². The van der Waals surface area contributed by atoms with Gasteiger partial charge in [0.15, 0.2) is 0 Å².